The first-order chi connectivity index (χ1) is 23.2. The molecule has 11 heteroatoms. The van der Waals surface area contributed by atoms with Crippen LogP contribution in [0.4, 0.5) is 15.3 Å². The number of unbranched alkanes of at least 4 members (excludes halogenated alkanes) is 1. The molecule has 2 fully saturated rings. The smallest absolute Gasteiger partial charge is 0.410 e. The Bertz CT molecular complexity index is 1350. The largest absolute Gasteiger partial charge is 0.438 e. The monoisotopic (exact) mass is 789 g/mol. The van der Waals surface area contributed by atoms with Crippen LogP contribution in [0.15, 0.2) is 51.4 Å². The molecule has 0 saturated carbocycles. The van der Waals surface area contributed by atoms with E-state index in [-0.39, 0.29) is 17.9 Å². The zero-order chi connectivity index (χ0) is 34.5. The van der Waals surface area contributed by atoms with Crippen molar-refractivity contribution in [1.29, 1.82) is 0 Å². The van der Waals surface area contributed by atoms with Gasteiger partial charge in [-0.15, -0.1) is 0 Å². The number of Topliss-reactive ketones (excluding diaryl/α,β-unsaturated/α-hetero) is 1. The molecule has 264 valence electrons. The fourth-order valence-electron chi connectivity index (χ4n) is 6.74. The lowest BCUT2D eigenvalue weighted by Gasteiger charge is -2.37. The average Bonchev–Trinajstić information content (AvgIpc) is 3.26. The van der Waals surface area contributed by atoms with Crippen LogP contribution < -0.4 is 10.6 Å². The number of carbonyl (C=O) groups is 3. The van der Waals surface area contributed by atoms with Gasteiger partial charge >= 0.3 is 12.1 Å². The fraction of sp³-hybridized carbons (Fsp3) is 0.595. The van der Waals surface area contributed by atoms with Gasteiger partial charge in [-0.1, -0.05) is 44.5 Å². The first-order valence-corrected chi connectivity index (χ1v) is 19.3. The van der Waals surface area contributed by atoms with E-state index >= 15 is 0 Å². The first-order valence-electron chi connectivity index (χ1n) is 17.7. The number of piperidine rings is 2. The lowest BCUT2D eigenvalue weighted by molar-refractivity contribution is -0.125. The molecule has 0 unspecified atom stereocenters. The summed E-state index contributed by atoms with van der Waals surface area (Å²) < 4.78 is 7.40. The van der Waals surface area contributed by atoms with Gasteiger partial charge < -0.3 is 30.1 Å². The molecule has 9 nitrogen and oxygen atoms in total. The SMILES string of the molecule is CC(=O)[C@@H](Cc1ccc(Br)c(Br)c1)OC(=O)N1CCC(N2CCc3ccccc3NC2=O)CC1.CCCCN(CCC)C1CCNCC1. The Morgan fingerprint density at radius 1 is 0.958 bits per heavy atom. The number of benzene rings is 2. The highest BCUT2D eigenvalue weighted by molar-refractivity contribution is 9.13. The Kier molecular flexibility index (Phi) is 15.7. The zero-order valence-corrected chi connectivity index (χ0v) is 32.0. The van der Waals surface area contributed by atoms with Crippen LogP contribution in [0.2, 0.25) is 0 Å². The quantitative estimate of drug-likeness (QED) is 0.243. The minimum Gasteiger partial charge on any atom is -0.438 e. The van der Waals surface area contributed by atoms with Crippen LogP contribution in [-0.2, 0) is 22.4 Å². The second-order valence-corrected chi connectivity index (χ2v) is 14.8. The third kappa shape index (κ3) is 11.3. The molecule has 48 heavy (non-hydrogen) atoms. The molecule has 3 heterocycles. The van der Waals surface area contributed by atoms with E-state index in [0.717, 1.165) is 38.2 Å². The van der Waals surface area contributed by atoms with Crippen LogP contribution in [0.1, 0.15) is 76.8 Å². The third-order valence-electron chi connectivity index (χ3n) is 9.54. The molecule has 3 amide bonds. The summed E-state index contributed by atoms with van der Waals surface area (Å²) in [6.07, 6.45) is 7.82. The summed E-state index contributed by atoms with van der Waals surface area (Å²) in [4.78, 5) is 44.0. The van der Waals surface area contributed by atoms with Gasteiger partial charge in [0.15, 0.2) is 11.9 Å². The van der Waals surface area contributed by atoms with Crippen molar-refractivity contribution in [3.8, 4) is 0 Å². The summed E-state index contributed by atoms with van der Waals surface area (Å²) in [6.45, 7) is 12.7. The van der Waals surface area contributed by atoms with Crippen LogP contribution in [0.25, 0.3) is 0 Å². The molecule has 0 aromatic heterocycles. The Labute approximate surface area is 303 Å². The standard InChI is InChI=1S/C25H27Br2N3O4.C12H26N2/c1-16(31)23(15-17-6-7-20(26)21(27)14-17)34-25(33)29-11-9-19(10-12-29)30-13-8-18-4-2-3-5-22(18)28-24(30)32;1-3-5-11-14(10-4-2)12-6-8-13-9-7-12/h2-7,14,19,23H,8-13,15H2,1H3,(H,28,32);12-13H,3-11H2,1-2H3/t23-;/m1./s1. The topological polar surface area (TPSA) is 94.2 Å². The van der Waals surface area contributed by atoms with E-state index in [9.17, 15) is 14.4 Å². The minimum absolute atomic E-state index is 0.0575. The van der Waals surface area contributed by atoms with Gasteiger partial charge in [0.2, 0.25) is 0 Å². The summed E-state index contributed by atoms with van der Waals surface area (Å²) in [5, 5.41) is 6.45. The summed E-state index contributed by atoms with van der Waals surface area (Å²) in [5.41, 5.74) is 2.89. The van der Waals surface area contributed by atoms with Gasteiger partial charge in [-0.3, -0.25) is 4.79 Å². The van der Waals surface area contributed by atoms with Gasteiger partial charge in [0.05, 0.1) is 0 Å². The number of rotatable bonds is 11. The van der Waals surface area contributed by atoms with E-state index in [4.69, 9.17) is 4.74 Å². The van der Waals surface area contributed by atoms with Gasteiger partial charge in [-0.2, -0.15) is 0 Å². The molecule has 5 rings (SSSR count). The molecule has 2 aromatic carbocycles. The van der Waals surface area contributed by atoms with E-state index in [1.54, 1.807) is 4.90 Å². The number of urea groups is 1. The molecular formula is C37H53Br2N5O4. The van der Waals surface area contributed by atoms with Gasteiger partial charge in [0.1, 0.15) is 0 Å². The highest BCUT2D eigenvalue weighted by Crippen LogP contribution is 2.26. The summed E-state index contributed by atoms with van der Waals surface area (Å²) in [6, 6.07) is 14.4. The lowest BCUT2D eigenvalue weighted by atomic mass is 10.0. The molecule has 2 aromatic rings. The van der Waals surface area contributed by atoms with E-state index in [2.05, 4.69) is 61.2 Å². The van der Waals surface area contributed by atoms with Crippen molar-refractivity contribution in [2.75, 3.05) is 51.1 Å². The number of halogens is 2. The molecule has 3 aliphatic heterocycles. The van der Waals surface area contributed by atoms with Crippen LogP contribution in [0.3, 0.4) is 0 Å². The summed E-state index contributed by atoms with van der Waals surface area (Å²) in [5.74, 6) is -0.192. The van der Waals surface area contributed by atoms with E-state index in [1.165, 1.54) is 65.2 Å². The van der Waals surface area contributed by atoms with Gasteiger partial charge in [-0.25, -0.2) is 9.59 Å². The summed E-state index contributed by atoms with van der Waals surface area (Å²) >= 11 is 6.89. The van der Waals surface area contributed by atoms with E-state index in [0.29, 0.717) is 38.9 Å². The van der Waals surface area contributed by atoms with Crippen LogP contribution in [0, 0.1) is 0 Å². The molecule has 1 atom stereocenters. The molecular weight excluding hydrogens is 738 g/mol. The number of likely N-dealkylation sites (tertiary alicyclic amines) is 1. The average molecular weight is 792 g/mol. The number of ketones is 1. The highest BCUT2D eigenvalue weighted by Gasteiger charge is 2.33. The lowest BCUT2D eigenvalue weighted by Crippen LogP contribution is -2.50. The molecule has 2 saturated heterocycles. The van der Waals surface area contributed by atoms with Crippen molar-refractivity contribution in [1.82, 2.24) is 20.0 Å². The van der Waals surface area contributed by atoms with Crippen LogP contribution in [0.5, 0.6) is 0 Å². The van der Waals surface area contributed by atoms with Crippen LogP contribution in [-0.4, -0.2) is 96.6 Å². The number of carbonyl (C=O) groups excluding carboxylic acids is 3. The second-order valence-electron chi connectivity index (χ2n) is 13.1. The number of hydrogen-bond acceptors (Lipinski definition) is 6. The Hall–Kier alpha value is -2.47. The minimum atomic E-state index is -0.840. The number of anilines is 1. The number of para-hydroxylation sites is 1. The van der Waals surface area contributed by atoms with Crippen LogP contribution >= 0.6 is 31.9 Å². The normalized spacial score (nSPS) is 17.9. The fourth-order valence-corrected chi connectivity index (χ4v) is 7.41. The van der Waals surface area contributed by atoms with E-state index in [1.807, 2.05) is 47.4 Å². The van der Waals surface area contributed by atoms with Gasteiger partial charge in [0.25, 0.3) is 0 Å². The molecule has 0 aliphatic carbocycles. The predicted molar refractivity (Wildman–Crippen MR) is 200 cm³/mol. The summed E-state index contributed by atoms with van der Waals surface area (Å²) in [7, 11) is 0. The van der Waals surface area contributed by atoms with Crippen molar-refractivity contribution in [3.05, 3.63) is 62.5 Å². The van der Waals surface area contributed by atoms with Crippen molar-refractivity contribution in [3.63, 3.8) is 0 Å². The maximum atomic E-state index is 12.8. The number of hydrogen-bond donors (Lipinski definition) is 2. The molecule has 0 bridgehead atoms. The number of fused-ring (bicyclic) bond motifs is 1. The number of nitrogens with one attached hydrogen (secondary N) is 2. The van der Waals surface area contributed by atoms with Crippen molar-refractivity contribution >= 4 is 55.5 Å². The Morgan fingerprint density at radius 2 is 1.69 bits per heavy atom. The van der Waals surface area contributed by atoms with Crippen molar-refractivity contribution in [2.45, 2.75) is 96.7 Å². The van der Waals surface area contributed by atoms with Gasteiger partial charge in [-0.05, 0) is 139 Å². The maximum Gasteiger partial charge on any atom is 0.410 e. The Morgan fingerprint density at radius 3 is 2.35 bits per heavy atom. The third-order valence-corrected chi connectivity index (χ3v) is 11.4. The number of amides is 3. The maximum absolute atomic E-state index is 12.8. The number of ether oxygens (including phenoxy) is 1. The highest BCUT2D eigenvalue weighted by atomic mass is 79.9. The van der Waals surface area contributed by atoms with Crippen molar-refractivity contribution in [2.24, 2.45) is 0 Å². The molecule has 0 spiro atoms. The Balaban J connectivity index is 0.000000312. The molecule has 2 N–H and O–H groups in total. The van der Waals surface area contributed by atoms with Crippen molar-refractivity contribution < 1.29 is 19.1 Å². The zero-order valence-electron chi connectivity index (χ0n) is 28.8. The second kappa shape index (κ2) is 19.6. The van der Waals surface area contributed by atoms with E-state index < -0.39 is 12.2 Å². The number of nitrogens with zero attached hydrogens (tertiary/aromatic N) is 3. The first kappa shape index (κ1) is 38.3. The molecule has 0 radical (unpaired) electrons. The predicted octanol–water partition coefficient (Wildman–Crippen LogP) is 7.65. The molecule has 3 aliphatic rings. The van der Waals surface area contributed by atoms with Gasteiger partial charge in [0, 0.05) is 52.8 Å².